The summed E-state index contributed by atoms with van der Waals surface area (Å²) in [5, 5.41) is 20.0. The minimum absolute atomic E-state index is 0.444. The third-order valence-corrected chi connectivity index (χ3v) is 2.79. The molecule has 0 saturated carbocycles. The summed E-state index contributed by atoms with van der Waals surface area (Å²) in [4.78, 5) is 32.7. The lowest BCUT2D eigenvalue weighted by Crippen LogP contribution is -2.54. The van der Waals surface area contributed by atoms with Gasteiger partial charge in [-0.05, 0) is 0 Å². The van der Waals surface area contributed by atoms with Crippen LogP contribution in [0.15, 0.2) is 24.3 Å². The number of nitro benzene ring substituents is 1. The maximum Gasteiger partial charge on any atom is 0.428 e. The summed E-state index contributed by atoms with van der Waals surface area (Å²) in [6, 6.07) is 3.91. The van der Waals surface area contributed by atoms with E-state index in [1.165, 1.54) is 0 Å². The van der Waals surface area contributed by atoms with Crippen LogP contribution in [0.3, 0.4) is 0 Å². The molecule has 1 atom stereocenters. The van der Waals surface area contributed by atoms with Crippen LogP contribution in [-0.4, -0.2) is 40.7 Å². The Kier molecular flexibility index (Phi) is 4.87. The van der Waals surface area contributed by atoms with E-state index in [1.807, 2.05) is 0 Å². The number of hydrogen-bond acceptors (Lipinski definition) is 6. The summed E-state index contributed by atoms with van der Waals surface area (Å²) in [5.41, 5.74) is -4.98. The number of non-ortho nitro benzene ring substituents is 1. The number of halogens is 3. The van der Waals surface area contributed by atoms with Gasteiger partial charge in [0, 0.05) is 17.7 Å². The zero-order chi connectivity index (χ0) is 17.1. The van der Waals surface area contributed by atoms with E-state index in [1.54, 1.807) is 0 Å². The lowest BCUT2D eigenvalue weighted by Gasteiger charge is -2.26. The number of rotatable bonds is 5. The first-order valence-electron chi connectivity index (χ1n) is 5.68. The van der Waals surface area contributed by atoms with Crippen molar-refractivity contribution < 1.29 is 37.5 Å². The first-order valence-corrected chi connectivity index (χ1v) is 5.68. The van der Waals surface area contributed by atoms with Gasteiger partial charge in [0.15, 0.2) is 5.78 Å². The van der Waals surface area contributed by atoms with Crippen molar-refractivity contribution in [1.29, 1.82) is 0 Å². The van der Waals surface area contributed by atoms with E-state index >= 15 is 0 Å². The number of carbonyl (C=O) groups is 2. The van der Waals surface area contributed by atoms with E-state index in [4.69, 9.17) is 0 Å². The highest BCUT2D eigenvalue weighted by Gasteiger charge is 2.61. The Labute approximate surface area is 121 Å². The van der Waals surface area contributed by atoms with E-state index in [9.17, 15) is 38.0 Å². The van der Waals surface area contributed by atoms with Crippen LogP contribution >= 0.6 is 0 Å². The monoisotopic (exact) mass is 321 g/mol. The van der Waals surface area contributed by atoms with Crippen molar-refractivity contribution in [1.82, 2.24) is 0 Å². The van der Waals surface area contributed by atoms with Gasteiger partial charge in [-0.15, -0.1) is 0 Å². The molecule has 0 aromatic heterocycles. The molecule has 7 nitrogen and oxygen atoms in total. The molecule has 0 radical (unpaired) electrons. The quantitative estimate of drug-likeness (QED) is 0.382. The van der Waals surface area contributed by atoms with Gasteiger partial charge in [0.1, 0.15) is 0 Å². The SMILES string of the molecule is COC(=O)[C@](O)(CC(=O)c1cccc([N+](=O)[O-])c1)C(F)(F)F. The molecule has 120 valence electrons. The number of nitro groups is 1. The highest BCUT2D eigenvalue weighted by Crippen LogP contribution is 2.35. The highest BCUT2D eigenvalue weighted by molar-refractivity contribution is 6.00. The van der Waals surface area contributed by atoms with Crippen LogP contribution in [0.4, 0.5) is 18.9 Å². The Morgan fingerprint density at radius 1 is 1.36 bits per heavy atom. The van der Waals surface area contributed by atoms with Crippen LogP contribution in [0, 0.1) is 10.1 Å². The van der Waals surface area contributed by atoms with E-state index in [2.05, 4.69) is 4.74 Å². The fourth-order valence-electron chi connectivity index (χ4n) is 1.58. The van der Waals surface area contributed by atoms with Crippen molar-refractivity contribution >= 4 is 17.4 Å². The van der Waals surface area contributed by atoms with Crippen LogP contribution in [0.5, 0.6) is 0 Å². The second kappa shape index (κ2) is 6.10. The summed E-state index contributed by atoms with van der Waals surface area (Å²) >= 11 is 0. The number of alkyl halides is 3. The molecule has 10 heteroatoms. The molecule has 0 bridgehead atoms. The number of carbonyl (C=O) groups excluding carboxylic acids is 2. The fourth-order valence-corrected chi connectivity index (χ4v) is 1.58. The molecule has 1 rings (SSSR count). The molecule has 22 heavy (non-hydrogen) atoms. The molecule has 0 saturated heterocycles. The summed E-state index contributed by atoms with van der Waals surface area (Å²) in [6.07, 6.45) is -7.10. The predicted molar refractivity (Wildman–Crippen MR) is 65.1 cm³/mol. The van der Waals surface area contributed by atoms with Crippen molar-refractivity contribution in [2.75, 3.05) is 7.11 Å². The summed E-state index contributed by atoms with van der Waals surface area (Å²) in [7, 11) is 0.622. The Morgan fingerprint density at radius 2 is 1.95 bits per heavy atom. The van der Waals surface area contributed by atoms with Crippen molar-refractivity contribution in [3.63, 3.8) is 0 Å². The average Bonchev–Trinajstić information content (AvgIpc) is 2.44. The largest absolute Gasteiger partial charge is 0.467 e. The van der Waals surface area contributed by atoms with E-state index in [0.717, 1.165) is 24.3 Å². The number of ketones is 1. The maximum atomic E-state index is 12.8. The maximum absolute atomic E-state index is 12.8. The zero-order valence-electron chi connectivity index (χ0n) is 11.1. The minimum atomic E-state index is -5.45. The van der Waals surface area contributed by atoms with Crippen molar-refractivity contribution in [3.05, 3.63) is 39.9 Å². The zero-order valence-corrected chi connectivity index (χ0v) is 11.1. The van der Waals surface area contributed by atoms with Gasteiger partial charge >= 0.3 is 12.1 Å². The van der Waals surface area contributed by atoms with Crippen LogP contribution in [-0.2, 0) is 9.53 Å². The standard InChI is InChI=1S/C12H10F3NO6/c1-22-10(18)11(19,12(13,14)15)6-9(17)7-3-2-4-8(5-7)16(20)21/h2-5,19H,6H2,1H3/t11-/m1/s1. The molecule has 0 aliphatic heterocycles. The Morgan fingerprint density at radius 3 is 2.41 bits per heavy atom. The van der Waals surface area contributed by atoms with Gasteiger partial charge in [0.2, 0.25) is 0 Å². The number of methoxy groups -OCH3 is 1. The smallest absolute Gasteiger partial charge is 0.428 e. The summed E-state index contributed by atoms with van der Waals surface area (Å²) in [5.74, 6) is -3.34. The molecular weight excluding hydrogens is 311 g/mol. The lowest BCUT2D eigenvalue weighted by atomic mass is 9.93. The van der Waals surface area contributed by atoms with Crippen molar-refractivity contribution in [2.45, 2.75) is 18.2 Å². The molecule has 0 heterocycles. The molecule has 0 fully saturated rings. The summed E-state index contributed by atoms with van der Waals surface area (Å²) in [6.45, 7) is 0. The average molecular weight is 321 g/mol. The van der Waals surface area contributed by atoms with Gasteiger partial charge < -0.3 is 9.84 Å². The second-order valence-corrected chi connectivity index (χ2v) is 4.26. The molecule has 0 spiro atoms. The van der Waals surface area contributed by atoms with Gasteiger partial charge in [-0.25, -0.2) is 4.79 Å². The van der Waals surface area contributed by atoms with Crippen LogP contribution in [0.1, 0.15) is 16.8 Å². The van der Waals surface area contributed by atoms with Crippen molar-refractivity contribution in [2.24, 2.45) is 0 Å². The second-order valence-electron chi connectivity index (χ2n) is 4.26. The lowest BCUT2D eigenvalue weighted by molar-refractivity contribution is -0.384. The minimum Gasteiger partial charge on any atom is -0.467 e. The first kappa shape index (κ1) is 17.6. The van der Waals surface area contributed by atoms with E-state index < -0.39 is 46.1 Å². The Hall–Kier alpha value is -2.49. The van der Waals surface area contributed by atoms with Crippen molar-refractivity contribution in [3.8, 4) is 0 Å². The molecular formula is C12H10F3NO6. The van der Waals surface area contributed by atoms with Crippen LogP contribution in [0.25, 0.3) is 0 Å². The third kappa shape index (κ3) is 3.39. The highest BCUT2D eigenvalue weighted by atomic mass is 19.4. The Balaban J connectivity index is 3.15. The fraction of sp³-hybridized carbons (Fsp3) is 0.333. The third-order valence-electron chi connectivity index (χ3n) is 2.79. The molecule has 1 aromatic carbocycles. The number of benzene rings is 1. The molecule has 1 N–H and O–H groups in total. The predicted octanol–water partition coefficient (Wildman–Crippen LogP) is 1.63. The van der Waals surface area contributed by atoms with Gasteiger partial charge in [-0.2, -0.15) is 13.2 Å². The van der Waals surface area contributed by atoms with E-state index in [0.29, 0.717) is 7.11 Å². The number of esters is 1. The topological polar surface area (TPSA) is 107 Å². The number of ether oxygens (including phenoxy) is 1. The molecule has 0 aliphatic rings. The van der Waals surface area contributed by atoms with E-state index in [-0.39, 0.29) is 0 Å². The van der Waals surface area contributed by atoms with Gasteiger partial charge in [-0.1, -0.05) is 12.1 Å². The van der Waals surface area contributed by atoms with Crippen LogP contribution in [0.2, 0.25) is 0 Å². The summed E-state index contributed by atoms with van der Waals surface area (Å²) < 4.78 is 42.3. The molecule has 0 unspecified atom stereocenters. The first-order chi connectivity index (χ1) is 10.0. The molecule has 0 amide bonds. The van der Waals surface area contributed by atoms with Gasteiger partial charge in [-0.3, -0.25) is 14.9 Å². The number of nitrogens with zero attached hydrogens (tertiary/aromatic N) is 1. The van der Waals surface area contributed by atoms with Gasteiger partial charge in [0.25, 0.3) is 11.3 Å². The number of hydrogen-bond donors (Lipinski definition) is 1. The number of aliphatic hydroxyl groups is 1. The van der Waals surface area contributed by atoms with Crippen LogP contribution < -0.4 is 0 Å². The molecule has 0 aliphatic carbocycles. The van der Waals surface area contributed by atoms with Gasteiger partial charge in [0.05, 0.1) is 18.5 Å². The Bertz CT molecular complexity index is 615. The number of Topliss-reactive ketones (excluding diaryl/α,β-unsaturated/α-hetero) is 1. The normalized spacial score (nSPS) is 14.0. The molecule has 1 aromatic rings.